The Morgan fingerprint density at radius 1 is 1.53 bits per heavy atom. The molecule has 0 amide bonds. The number of rotatable bonds is 3. The van der Waals surface area contributed by atoms with Gasteiger partial charge in [0.25, 0.3) is 0 Å². The normalized spacial score (nSPS) is 9.94. The largest absolute Gasteiger partial charge is 0.380 e. The van der Waals surface area contributed by atoms with Gasteiger partial charge in [-0.25, -0.2) is 4.98 Å². The molecule has 2 aromatic heterocycles. The van der Waals surface area contributed by atoms with Crippen molar-refractivity contribution in [3.05, 3.63) is 47.8 Å². The molecule has 0 atom stereocenters. The Hall–Kier alpha value is -2.35. The van der Waals surface area contributed by atoms with Crippen LogP contribution in [0, 0.1) is 17.3 Å². The summed E-state index contributed by atoms with van der Waals surface area (Å²) >= 11 is 0. The first kappa shape index (κ1) is 11.1. The van der Waals surface area contributed by atoms with Gasteiger partial charge in [0.1, 0.15) is 11.8 Å². The van der Waals surface area contributed by atoms with Gasteiger partial charge >= 0.3 is 0 Å². The summed E-state index contributed by atoms with van der Waals surface area (Å²) in [6.07, 6.45) is 3.31. The van der Waals surface area contributed by atoms with Crippen LogP contribution in [-0.4, -0.2) is 9.55 Å². The first-order valence-electron chi connectivity index (χ1n) is 5.10. The van der Waals surface area contributed by atoms with Gasteiger partial charge in [0.2, 0.25) is 5.95 Å². The van der Waals surface area contributed by atoms with Gasteiger partial charge in [-0.3, -0.25) is 0 Å². The average molecular weight is 230 g/mol. The van der Waals surface area contributed by atoms with Gasteiger partial charge in [-0.15, -0.1) is 0 Å². The maximum absolute atomic E-state index is 12.6. The van der Waals surface area contributed by atoms with Crippen molar-refractivity contribution in [1.82, 2.24) is 9.55 Å². The molecule has 1 N–H and O–H groups in total. The van der Waals surface area contributed by atoms with E-state index in [4.69, 9.17) is 5.26 Å². The van der Waals surface area contributed by atoms with Gasteiger partial charge in [-0.2, -0.15) is 9.65 Å². The molecule has 0 aromatic carbocycles. The zero-order valence-corrected chi connectivity index (χ0v) is 9.31. The molecule has 2 rings (SSSR count). The van der Waals surface area contributed by atoms with Gasteiger partial charge in [0.15, 0.2) is 0 Å². The maximum Gasteiger partial charge on any atom is 0.212 e. The van der Waals surface area contributed by atoms with Gasteiger partial charge in [-0.1, -0.05) is 0 Å². The minimum absolute atomic E-state index is 0.498. The fourth-order valence-corrected chi connectivity index (χ4v) is 1.53. The molecule has 17 heavy (non-hydrogen) atoms. The van der Waals surface area contributed by atoms with E-state index >= 15 is 0 Å². The SMILES string of the molecule is Cn1cc(CNc2ccc(F)nc2)cc1C#N. The summed E-state index contributed by atoms with van der Waals surface area (Å²) in [5.41, 5.74) is 2.35. The third-order valence-electron chi connectivity index (χ3n) is 2.40. The lowest BCUT2D eigenvalue weighted by Crippen LogP contribution is -1.99. The highest BCUT2D eigenvalue weighted by molar-refractivity contribution is 5.41. The fraction of sp³-hybridized carbons (Fsp3) is 0.167. The Labute approximate surface area is 98.3 Å². The molecule has 0 unspecified atom stereocenters. The molecule has 0 aliphatic carbocycles. The number of hydrogen-bond acceptors (Lipinski definition) is 3. The van der Waals surface area contributed by atoms with E-state index in [-0.39, 0.29) is 0 Å². The topological polar surface area (TPSA) is 53.6 Å². The zero-order chi connectivity index (χ0) is 12.3. The third-order valence-corrected chi connectivity index (χ3v) is 2.40. The number of aromatic nitrogens is 2. The molecule has 0 aliphatic heterocycles. The number of nitrogens with zero attached hydrogens (tertiary/aromatic N) is 3. The minimum Gasteiger partial charge on any atom is -0.380 e. The summed E-state index contributed by atoms with van der Waals surface area (Å²) in [4.78, 5) is 3.54. The molecule has 0 saturated heterocycles. The van der Waals surface area contributed by atoms with Gasteiger partial charge in [0.05, 0.1) is 11.9 Å². The number of pyridine rings is 1. The highest BCUT2D eigenvalue weighted by Gasteiger charge is 2.02. The predicted molar refractivity (Wildman–Crippen MR) is 61.6 cm³/mol. The molecule has 0 radical (unpaired) electrons. The summed E-state index contributed by atoms with van der Waals surface area (Å²) in [6.45, 7) is 0.572. The number of hydrogen-bond donors (Lipinski definition) is 1. The predicted octanol–water partition coefficient (Wildman–Crippen LogP) is 2.04. The first-order chi connectivity index (χ1) is 8.19. The van der Waals surface area contributed by atoms with E-state index in [0.29, 0.717) is 12.2 Å². The Kier molecular flexibility index (Phi) is 3.06. The van der Waals surface area contributed by atoms with E-state index < -0.39 is 5.95 Å². The minimum atomic E-state index is -0.498. The second kappa shape index (κ2) is 4.66. The first-order valence-corrected chi connectivity index (χ1v) is 5.10. The second-order valence-corrected chi connectivity index (χ2v) is 3.68. The van der Waals surface area contributed by atoms with Crippen molar-refractivity contribution in [2.75, 3.05) is 5.32 Å². The highest BCUT2D eigenvalue weighted by Crippen LogP contribution is 2.10. The summed E-state index contributed by atoms with van der Waals surface area (Å²) < 4.78 is 14.3. The molecule has 86 valence electrons. The molecule has 5 heteroatoms. The van der Waals surface area contributed by atoms with Crippen molar-refractivity contribution in [3.63, 3.8) is 0 Å². The summed E-state index contributed by atoms with van der Waals surface area (Å²) in [5.74, 6) is -0.498. The second-order valence-electron chi connectivity index (χ2n) is 3.68. The molecule has 0 spiro atoms. The molecule has 2 heterocycles. The molecule has 0 aliphatic rings. The zero-order valence-electron chi connectivity index (χ0n) is 9.31. The Bertz CT molecular complexity index is 551. The van der Waals surface area contributed by atoms with Gasteiger partial charge in [0, 0.05) is 19.8 Å². The summed E-state index contributed by atoms with van der Waals surface area (Å²) in [5, 5.41) is 11.9. The van der Waals surface area contributed by atoms with E-state index in [1.165, 1.54) is 12.3 Å². The number of aryl methyl sites for hydroxylation is 1. The van der Waals surface area contributed by atoms with Crippen LogP contribution in [0.5, 0.6) is 0 Å². The van der Waals surface area contributed by atoms with Crippen molar-refractivity contribution in [2.24, 2.45) is 7.05 Å². The van der Waals surface area contributed by atoms with Crippen molar-refractivity contribution in [3.8, 4) is 6.07 Å². The molecule has 4 nitrogen and oxygen atoms in total. The highest BCUT2D eigenvalue weighted by atomic mass is 19.1. The van der Waals surface area contributed by atoms with E-state index in [9.17, 15) is 4.39 Å². The lowest BCUT2D eigenvalue weighted by atomic mass is 10.3. The van der Waals surface area contributed by atoms with Crippen LogP contribution >= 0.6 is 0 Å². The lowest BCUT2D eigenvalue weighted by Gasteiger charge is -2.03. The van der Waals surface area contributed by atoms with Crippen LogP contribution in [0.3, 0.4) is 0 Å². The van der Waals surface area contributed by atoms with Crippen LogP contribution in [0.2, 0.25) is 0 Å². The molecule has 2 aromatic rings. The van der Waals surface area contributed by atoms with Gasteiger partial charge in [-0.05, 0) is 23.8 Å². The van der Waals surface area contributed by atoms with E-state index in [2.05, 4.69) is 16.4 Å². The lowest BCUT2D eigenvalue weighted by molar-refractivity contribution is 0.584. The standard InChI is InChI=1S/C12H11FN4/c1-17-8-9(4-11(17)5-14)6-15-10-2-3-12(13)16-7-10/h2-4,7-8,15H,6H2,1H3. The van der Waals surface area contributed by atoms with Crippen LogP contribution in [0.25, 0.3) is 0 Å². The Morgan fingerprint density at radius 3 is 2.94 bits per heavy atom. The van der Waals surface area contributed by atoms with Crippen LogP contribution in [0.1, 0.15) is 11.3 Å². The number of halogens is 1. The monoisotopic (exact) mass is 230 g/mol. The van der Waals surface area contributed by atoms with E-state index in [0.717, 1.165) is 11.3 Å². The fourth-order valence-electron chi connectivity index (χ4n) is 1.53. The van der Waals surface area contributed by atoms with Crippen molar-refractivity contribution in [2.45, 2.75) is 6.54 Å². The molecular formula is C12H11FN4. The summed E-state index contributed by atoms with van der Waals surface area (Å²) in [6, 6.07) is 6.83. The van der Waals surface area contributed by atoms with Crippen LogP contribution < -0.4 is 5.32 Å². The van der Waals surface area contributed by atoms with Crippen LogP contribution in [0.15, 0.2) is 30.6 Å². The smallest absolute Gasteiger partial charge is 0.212 e. The number of nitriles is 1. The number of nitrogens with one attached hydrogen (secondary N) is 1. The molecular weight excluding hydrogens is 219 g/mol. The maximum atomic E-state index is 12.6. The average Bonchev–Trinajstić information content (AvgIpc) is 2.69. The quantitative estimate of drug-likeness (QED) is 0.821. The van der Waals surface area contributed by atoms with Crippen LogP contribution in [-0.2, 0) is 13.6 Å². The Balaban J connectivity index is 2.02. The molecule has 0 fully saturated rings. The van der Waals surface area contributed by atoms with Gasteiger partial charge < -0.3 is 9.88 Å². The van der Waals surface area contributed by atoms with Crippen molar-refractivity contribution < 1.29 is 4.39 Å². The summed E-state index contributed by atoms with van der Waals surface area (Å²) in [7, 11) is 1.82. The number of anilines is 1. The molecule has 0 bridgehead atoms. The van der Waals surface area contributed by atoms with Crippen LogP contribution in [0.4, 0.5) is 10.1 Å². The van der Waals surface area contributed by atoms with Crippen molar-refractivity contribution in [1.29, 1.82) is 5.26 Å². The van der Waals surface area contributed by atoms with Crippen molar-refractivity contribution >= 4 is 5.69 Å². The van der Waals surface area contributed by atoms with E-state index in [1.807, 2.05) is 19.3 Å². The van der Waals surface area contributed by atoms with E-state index in [1.54, 1.807) is 10.6 Å². The third kappa shape index (κ3) is 2.61. The molecule has 0 saturated carbocycles. The Morgan fingerprint density at radius 2 is 2.35 bits per heavy atom.